The van der Waals surface area contributed by atoms with E-state index in [0.29, 0.717) is 11.5 Å². The third-order valence-electron chi connectivity index (χ3n) is 4.10. The Morgan fingerprint density at radius 2 is 1.74 bits per heavy atom. The second-order valence-corrected chi connectivity index (χ2v) is 6.58. The molecule has 0 aliphatic rings. The molecule has 19 heavy (non-hydrogen) atoms. The largest absolute Gasteiger partial charge is 0.319 e. The normalized spacial score (nSPS) is 13.8. The first-order valence-corrected chi connectivity index (χ1v) is 7.28. The van der Waals surface area contributed by atoms with Crippen LogP contribution in [0.25, 0.3) is 0 Å². The van der Waals surface area contributed by atoms with Gasteiger partial charge in [-0.25, -0.2) is 0 Å². The summed E-state index contributed by atoms with van der Waals surface area (Å²) in [6.07, 6.45) is 1.10. The molecule has 1 atom stereocenters. The van der Waals surface area contributed by atoms with Crippen molar-refractivity contribution < 1.29 is 0 Å². The Hall–Kier alpha value is -0.860. The number of hydrogen-bond donors (Lipinski definition) is 1. The quantitative estimate of drug-likeness (QED) is 0.846. The van der Waals surface area contributed by atoms with Crippen LogP contribution in [0.2, 0.25) is 0 Å². The minimum atomic E-state index is 0.314. The first kappa shape index (κ1) is 16.2. The molecule has 0 aliphatic carbocycles. The third-order valence-corrected chi connectivity index (χ3v) is 4.10. The first-order valence-electron chi connectivity index (χ1n) is 7.28. The fourth-order valence-electron chi connectivity index (χ4n) is 2.28. The van der Waals surface area contributed by atoms with E-state index in [1.807, 2.05) is 7.05 Å². The van der Waals surface area contributed by atoms with Crippen molar-refractivity contribution >= 4 is 0 Å². The summed E-state index contributed by atoms with van der Waals surface area (Å²) in [5.41, 5.74) is 3.23. The van der Waals surface area contributed by atoms with E-state index in [1.165, 1.54) is 11.1 Å². The summed E-state index contributed by atoms with van der Waals surface area (Å²) in [7, 11) is 4.24. The third kappa shape index (κ3) is 4.96. The van der Waals surface area contributed by atoms with Crippen LogP contribution in [0, 0.1) is 5.41 Å². The van der Waals surface area contributed by atoms with Crippen molar-refractivity contribution in [3.05, 3.63) is 35.4 Å². The highest BCUT2D eigenvalue weighted by atomic mass is 15.1. The summed E-state index contributed by atoms with van der Waals surface area (Å²) < 4.78 is 0. The average molecular weight is 262 g/mol. The SMILES string of the molecule is CNCCc1ccccc1CN(C)C(C)C(C)(C)C. The lowest BCUT2D eigenvalue weighted by Gasteiger charge is -2.35. The molecule has 0 saturated carbocycles. The molecular weight excluding hydrogens is 232 g/mol. The Morgan fingerprint density at radius 3 is 2.26 bits per heavy atom. The molecule has 0 radical (unpaired) electrons. The predicted molar refractivity (Wildman–Crippen MR) is 84.5 cm³/mol. The fourth-order valence-corrected chi connectivity index (χ4v) is 2.28. The fraction of sp³-hybridized carbons (Fsp3) is 0.647. The van der Waals surface area contributed by atoms with Gasteiger partial charge in [0.05, 0.1) is 0 Å². The number of likely N-dealkylation sites (N-methyl/N-ethyl adjacent to an activating group) is 1. The average Bonchev–Trinajstić information content (AvgIpc) is 2.35. The molecule has 0 amide bonds. The topological polar surface area (TPSA) is 15.3 Å². The molecule has 1 unspecified atom stereocenters. The maximum atomic E-state index is 3.23. The summed E-state index contributed by atoms with van der Waals surface area (Å²) in [6, 6.07) is 9.36. The molecule has 1 rings (SSSR count). The Balaban J connectivity index is 2.76. The summed E-state index contributed by atoms with van der Waals surface area (Å²) >= 11 is 0. The lowest BCUT2D eigenvalue weighted by Crippen LogP contribution is -2.39. The van der Waals surface area contributed by atoms with Crippen LogP contribution >= 0.6 is 0 Å². The van der Waals surface area contributed by atoms with Crippen LogP contribution in [0.1, 0.15) is 38.8 Å². The molecule has 0 aromatic heterocycles. The van der Waals surface area contributed by atoms with Gasteiger partial charge < -0.3 is 5.32 Å². The van der Waals surface area contributed by atoms with Crippen LogP contribution in [0.4, 0.5) is 0 Å². The van der Waals surface area contributed by atoms with E-state index in [0.717, 1.165) is 19.5 Å². The van der Waals surface area contributed by atoms with Gasteiger partial charge >= 0.3 is 0 Å². The maximum absolute atomic E-state index is 3.23. The number of nitrogens with one attached hydrogen (secondary N) is 1. The van der Waals surface area contributed by atoms with Crippen LogP contribution < -0.4 is 5.32 Å². The van der Waals surface area contributed by atoms with Crippen LogP contribution in [0.3, 0.4) is 0 Å². The number of nitrogens with zero attached hydrogens (tertiary/aromatic N) is 1. The van der Waals surface area contributed by atoms with Crippen molar-refractivity contribution in [1.29, 1.82) is 0 Å². The Labute approximate surface area is 119 Å². The van der Waals surface area contributed by atoms with Gasteiger partial charge in [-0.2, -0.15) is 0 Å². The first-order chi connectivity index (χ1) is 8.86. The summed E-state index contributed by atoms with van der Waals surface area (Å²) in [6.45, 7) is 11.3. The number of benzene rings is 1. The molecule has 0 fully saturated rings. The van der Waals surface area contributed by atoms with E-state index in [2.05, 4.69) is 69.2 Å². The van der Waals surface area contributed by atoms with Crippen molar-refractivity contribution in [2.75, 3.05) is 20.6 Å². The smallest absolute Gasteiger partial charge is 0.0236 e. The second kappa shape index (κ2) is 7.06. The number of hydrogen-bond acceptors (Lipinski definition) is 2. The standard InChI is InChI=1S/C17H30N2/c1-14(17(2,3)4)19(6)13-16-10-8-7-9-15(16)11-12-18-5/h7-10,14,18H,11-13H2,1-6H3. The second-order valence-electron chi connectivity index (χ2n) is 6.58. The van der Waals surface area contributed by atoms with E-state index in [4.69, 9.17) is 0 Å². The van der Waals surface area contributed by atoms with Crippen molar-refractivity contribution in [2.24, 2.45) is 5.41 Å². The van der Waals surface area contributed by atoms with Gasteiger partial charge in [0.1, 0.15) is 0 Å². The van der Waals surface area contributed by atoms with Gasteiger partial charge in [-0.1, -0.05) is 45.0 Å². The van der Waals surface area contributed by atoms with Gasteiger partial charge in [0, 0.05) is 12.6 Å². The van der Waals surface area contributed by atoms with Crippen LogP contribution in [-0.4, -0.2) is 31.6 Å². The Bertz CT molecular complexity index is 379. The lowest BCUT2D eigenvalue weighted by molar-refractivity contribution is 0.134. The minimum absolute atomic E-state index is 0.314. The zero-order chi connectivity index (χ0) is 14.5. The highest BCUT2D eigenvalue weighted by Crippen LogP contribution is 2.24. The minimum Gasteiger partial charge on any atom is -0.319 e. The highest BCUT2D eigenvalue weighted by Gasteiger charge is 2.24. The molecule has 108 valence electrons. The van der Waals surface area contributed by atoms with E-state index in [1.54, 1.807) is 0 Å². The summed E-state index contributed by atoms with van der Waals surface area (Å²) in [5.74, 6) is 0. The van der Waals surface area contributed by atoms with E-state index in [9.17, 15) is 0 Å². The molecule has 0 heterocycles. The van der Waals surface area contributed by atoms with E-state index < -0.39 is 0 Å². The molecule has 0 bridgehead atoms. The Morgan fingerprint density at radius 1 is 1.16 bits per heavy atom. The maximum Gasteiger partial charge on any atom is 0.0236 e. The van der Waals surface area contributed by atoms with Gasteiger partial charge in [-0.05, 0) is 50.5 Å². The number of rotatable bonds is 6. The molecule has 1 N–H and O–H groups in total. The Kier molecular flexibility index (Phi) is 6.02. The zero-order valence-corrected chi connectivity index (χ0v) is 13.5. The monoisotopic (exact) mass is 262 g/mol. The molecule has 0 saturated heterocycles. The van der Waals surface area contributed by atoms with Crippen molar-refractivity contribution in [3.63, 3.8) is 0 Å². The lowest BCUT2D eigenvalue weighted by atomic mass is 9.87. The van der Waals surface area contributed by atoms with E-state index in [-0.39, 0.29) is 0 Å². The molecule has 2 heteroatoms. The molecule has 2 nitrogen and oxygen atoms in total. The molecule has 1 aromatic carbocycles. The predicted octanol–water partition coefficient (Wildman–Crippen LogP) is 3.31. The van der Waals surface area contributed by atoms with Gasteiger partial charge in [0.25, 0.3) is 0 Å². The zero-order valence-electron chi connectivity index (χ0n) is 13.5. The highest BCUT2D eigenvalue weighted by molar-refractivity contribution is 5.27. The van der Waals surface area contributed by atoms with Gasteiger partial charge in [-0.15, -0.1) is 0 Å². The van der Waals surface area contributed by atoms with Crippen LogP contribution in [0.15, 0.2) is 24.3 Å². The van der Waals surface area contributed by atoms with Gasteiger partial charge in [0.2, 0.25) is 0 Å². The van der Waals surface area contributed by atoms with Crippen molar-refractivity contribution in [2.45, 2.75) is 46.7 Å². The van der Waals surface area contributed by atoms with Crippen LogP contribution in [0.5, 0.6) is 0 Å². The molecule has 1 aromatic rings. The van der Waals surface area contributed by atoms with Crippen LogP contribution in [-0.2, 0) is 13.0 Å². The molecular formula is C17H30N2. The van der Waals surface area contributed by atoms with Gasteiger partial charge in [-0.3, -0.25) is 4.90 Å². The molecule has 0 spiro atoms. The molecule has 0 aliphatic heterocycles. The van der Waals surface area contributed by atoms with Crippen molar-refractivity contribution in [3.8, 4) is 0 Å². The van der Waals surface area contributed by atoms with Gasteiger partial charge in [0.15, 0.2) is 0 Å². The summed E-state index contributed by atoms with van der Waals surface area (Å²) in [4.78, 5) is 2.46. The van der Waals surface area contributed by atoms with Crippen molar-refractivity contribution in [1.82, 2.24) is 10.2 Å². The summed E-state index contributed by atoms with van der Waals surface area (Å²) in [5, 5.41) is 3.23. The van der Waals surface area contributed by atoms with E-state index >= 15 is 0 Å².